The second-order valence-corrected chi connectivity index (χ2v) is 9.72. The molecule has 0 radical (unpaired) electrons. The van der Waals surface area contributed by atoms with E-state index < -0.39 is 7.43 Å². The SMILES string of the molecule is CCN(CC)P12(OCCO1)OC(C)=C(C(C)=O)[C@H]2c1ccccc1. The van der Waals surface area contributed by atoms with Crippen LogP contribution >= 0.6 is 7.43 Å². The van der Waals surface area contributed by atoms with E-state index in [4.69, 9.17) is 13.6 Å². The van der Waals surface area contributed by atoms with Crippen LogP contribution in [0.15, 0.2) is 41.7 Å². The van der Waals surface area contributed by atoms with Gasteiger partial charge in [0, 0.05) is 0 Å². The van der Waals surface area contributed by atoms with Crippen LogP contribution in [0.25, 0.3) is 0 Å². The van der Waals surface area contributed by atoms with Gasteiger partial charge in [0.25, 0.3) is 0 Å². The fourth-order valence-electron chi connectivity index (χ4n) is 4.02. The molecule has 0 aliphatic carbocycles. The molecule has 0 bridgehead atoms. The van der Waals surface area contributed by atoms with Gasteiger partial charge in [-0.15, -0.1) is 0 Å². The van der Waals surface area contributed by atoms with E-state index in [1.165, 1.54) is 0 Å². The van der Waals surface area contributed by atoms with E-state index in [-0.39, 0.29) is 11.4 Å². The fourth-order valence-corrected chi connectivity index (χ4v) is 9.28. The average Bonchev–Trinajstić information content (AvgIpc) is 3.10. The van der Waals surface area contributed by atoms with Crippen molar-refractivity contribution in [2.45, 2.75) is 33.4 Å². The topological polar surface area (TPSA) is 48.0 Å². The van der Waals surface area contributed by atoms with Gasteiger partial charge < -0.3 is 0 Å². The Balaban J connectivity index is 2.28. The second kappa shape index (κ2) is 6.23. The Morgan fingerprint density at radius 3 is 2.25 bits per heavy atom. The van der Waals surface area contributed by atoms with Crippen LogP contribution in [0.3, 0.4) is 0 Å². The van der Waals surface area contributed by atoms with E-state index >= 15 is 0 Å². The first-order chi connectivity index (χ1) is 11.5. The molecular weight excluding hydrogens is 325 g/mol. The molecule has 0 aromatic heterocycles. The van der Waals surface area contributed by atoms with E-state index in [0.29, 0.717) is 24.5 Å². The minimum absolute atomic E-state index is 0.00843. The van der Waals surface area contributed by atoms with Gasteiger partial charge in [-0.1, -0.05) is 0 Å². The number of allylic oxidation sites excluding steroid dienone is 2. The van der Waals surface area contributed by atoms with Crippen molar-refractivity contribution in [3.8, 4) is 0 Å². The molecule has 0 amide bonds. The van der Waals surface area contributed by atoms with E-state index in [2.05, 4.69) is 18.5 Å². The van der Waals surface area contributed by atoms with Gasteiger partial charge in [-0.25, -0.2) is 0 Å². The first kappa shape index (κ1) is 17.6. The van der Waals surface area contributed by atoms with Crippen LogP contribution in [-0.4, -0.2) is 36.8 Å². The Labute approximate surface area is 143 Å². The Hall–Kier alpha value is -1.26. The molecule has 1 aromatic carbocycles. The number of hydrogen-bond acceptors (Lipinski definition) is 5. The number of hydrogen-bond donors (Lipinski definition) is 0. The number of Topliss-reactive ketones (excluding diaryl/α,β-unsaturated/α-hetero) is 1. The molecule has 0 saturated carbocycles. The van der Waals surface area contributed by atoms with Crippen LogP contribution in [0.5, 0.6) is 0 Å². The van der Waals surface area contributed by atoms with Crippen molar-refractivity contribution in [2.24, 2.45) is 0 Å². The summed E-state index contributed by atoms with van der Waals surface area (Å²) in [6.45, 7) is 10.0. The molecule has 6 heteroatoms. The first-order valence-corrected chi connectivity index (χ1v) is 10.5. The summed E-state index contributed by atoms with van der Waals surface area (Å²) in [7, 11) is -3.67. The summed E-state index contributed by atoms with van der Waals surface area (Å²) < 4.78 is 21.4. The second-order valence-electron chi connectivity index (χ2n) is 6.14. The van der Waals surface area contributed by atoms with E-state index in [0.717, 1.165) is 18.7 Å². The Kier molecular flexibility index (Phi) is 4.56. The monoisotopic (exact) mass is 351 g/mol. The van der Waals surface area contributed by atoms with Crippen molar-refractivity contribution in [1.29, 1.82) is 0 Å². The quantitative estimate of drug-likeness (QED) is 0.743. The number of benzene rings is 1. The molecular formula is C18H26NO4P. The van der Waals surface area contributed by atoms with Gasteiger partial charge in [0.05, 0.1) is 0 Å². The van der Waals surface area contributed by atoms with Crippen LogP contribution in [0.2, 0.25) is 0 Å². The predicted molar refractivity (Wildman–Crippen MR) is 95.4 cm³/mol. The number of nitrogens with zero attached hydrogens (tertiary/aromatic N) is 1. The minimum atomic E-state index is -3.67. The number of rotatable bonds is 5. The van der Waals surface area contributed by atoms with Gasteiger partial charge in [-0.2, -0.15) is 0 Å². The van der Waals surface area contributed by atoms with Crippen molar-refractivity contribution >= 4 is 13.2 Å². The number of carbonyl (C=O) groups excluding carboxylic acids is 1. The van der Waals surface area contributed by atoms with Crippen molar-refractivity contribution in [3.05, 3.63) is 47.2 Å². The summed E-state index contributed by atoms with van der Waals surface area (Å²) in [4.78, 5) is 12.5. The molecule has 0 N–H and O–H groups in total. The molecule has 1 atom stereocenters. The van der Waals surface area contributed by atoms with Gasteiger partial charge in [-0.05, 0) is 0 Å². The summed E-state index contributed by atoms with van der Waals surface area (Å²) in [6.07, 6.45) is 0. The standard InChI is InChI=1S/C18H26NO4P/c1-5-19(6-2)24(21-12-13-22-24)18(16-10-8-7-9-11-16)17(14(3)20)15(4)23-24/h7-11,18H,5-6,12-13H2,1-4H3/t18-/m1/s1. The third-order valence-corrected chi connectivity index (χ3v) is 9.80. The van der Waals surface area contributed by atoms with Crippen LogP contribution in [0.1, 0.15) is 38.9 Å². The zero-order valence-electron chi connectivity index (χ0n) is 14.8. The third kappa shape index (κ3) is 2.26. The maximum atomic E-state index is 12.5. The molecule has 1 spiro atoms. The molecule has 5 nitrogen and oxygen atoms in total. The Morgan fingerprint density at radius 1 is 1.17 bits per heavy atom. The van der Waals surface area contributed by atoms with Crippen molar-refractivity contribution in [2.75, 3.05) is 26.3 Å². The molecule has 1 fully saturated rings. The van der Waals surface area contributed by atoms with Crippen molar-refractivity contribution < 1.29 is 18.4 Å². The average molecular weight is 351 g/mol. The van der Waals surface area contributed by atoms with Crippen LogP contribution in [-0.2, 0) is 18.4 Å². The summed E-state index contributed by atoms with van der Waals surface area (Å²) in [5, 5.41) is 0. The third-order valence-electron chi connectivity index (χ3n) is 4.87. The van der Waals surface area contributed by atoms with Gasteiger partial charge in [0.2, 0.25) is 0 Å². The van der Waals surface area contributed by atoms with E-state index in [1.807, 2.05) is 37.3 Å². The first-order valence-electron chi connectivity index (χ1n) is 8.53. The predicted octanol–water partition coefficient (Wildman–Crippen LogP) is 4.22. The number of ketones is 1. The molecule has 2 aliphatic heterocycles. The van der Waals surface area contributed by atoms with Gasteiger partial charge >= 0.3 is 143 Å². The molecule has 1 aromatic rings. The molecule has 3 rings (SSSR count). The normalized spacial score (nSPS) is 26.4. The fraction of sp³-hybridized carbons (Fsp3) is 0.500. The van der Waals surface area contributed by atoms with Crippen LogP contribution in [0.4, 0.5) is 0 Å². The molecule has 24 heavy (non-hydrogen) atoms. The molecule has 2 aliphatic rings. The summed E-state index contributed by atoms with van der Waals surface area (Å²) in [5.41, 5.74) is 1.36. The molecule has 132 valence electrons. The van der Waals surface area contributed by atoms with Crippen LogP contribution in [0, 0.1) is 0 Å². The zero-order chi connectivity index (χ0) is 17.4. The Bertz CT molecular complexity index is 663. The summed E-state index contributed by atoms with van der Waals surface area (Å²) in [6, 6.07) is 9.98. The summed E-state index contributed by atoms with van der Waals surface area (Å²) in [5.74, 6) is 0.636. The molecule has 1 saturated heterocycles. The summed E-state index contributed by atoms with van der Waals surface area (Å²) >= 11 is 0. The molecule has 0 unspecified atom stereocenters. The van der Waals surface area contributed by atoms with Gasteiger partial charge in [0.15, 0.2) is 0 Å². The van der Waals surface area contributed by atoms with Gasteiger partial charge in [0.1, 0.15) is 0 Å². The van der Waals surface area contributed by atoms with E-state index in [1.54, 1.807) is 6.92 Å². The van der Waals surface area contributed by atoms with Crippen molar-refractivity contribution in [1.82, 2.24) is 4.67 Å². The maximum absolute atomic E-state index is 12.5. The van der Waals surface area contributed by atoms with Crippen molar-refractivity contribution in [3.63, 3.8) is 0 Å². The van der Waals surface area contributed by atoms with E-state index in [9.17, 15) is 4.79 Å². The number of carbonyl (C=O) groups is 1. The van der Waals surface area contributed by atoms with Gasteiger partial charge in [-0.3, -0.25) is 0 Å². The molecule has 2 heterocycles. The Morgan fingerprint density at radius 2 is 1.75 bits per heavy atom. The van der Waals surface area contributed by atoms with Crippen LogP contribution < -0.4 is 0 Å². The zero-order valence-corrected chi connectivity index (χ0v) is 15.7.